The first kappa shape index (κ1) is 8.02. The summed E-state index contributed by atoms with van der Waals surface area (Å²) in [5, 5.41) is 3.22. The van der Waals surface area contributed by atoms with Gasteiger partial charge < -0.3 is 4.74 Å². The number of nitrogens with one attached hydrogen (secondary N) is 1. The van der Waals surface area contributed by atoms with Crippen molar-refractivity contribution in [2.45, 2.75) is 20.8 Å². The summed E-state index contributed by atoms with van der Waals surface area (Å²) < 4.78 is 5.30. The summed E-state index contributed by atoms with van der Waals surface area (Å²) in [4.78, 5) is 0. The fourth-order valence-electron chi connectivity index (χ4n) is 1.12. The molecule has 1 atom stereocenters. The van der Waals surface area contributed by atoms with Crippen molar-refractivity contribution in [1.29, 1.82) is 0 Å². The van der Waals surface area contributed by atoms with E-state index in [1.54, 1.807) is 0 Å². The van der Waals surface area contributed by atoms with Crippen molar-refractivity contribution in [3.05, 3.63) is 0 Å². The minimum atomic E-state index is 0.382. The van der Waals surface area contributed by atoms with Gasteiger partial charge in [0.05, 0.1) is 13.3 Å². The minimum absolute atomic E-state index is 0.382. The molecule has 0 aromatic rings. The second-order valence-electron chi connectivity index (χ2n) is 4.03. The summed E-state index contributed by atoms with van der Waals surface area (Å²) in [6.07, 6.45) is 0. The summed E-state index contributed by atoms with van der Waals surface area (Å²) in [5.41, 5.74) is 0.382. The van der Waals surface area contributed by atoms with Crippen LogP contribution in [-0.4, -0.2) is 19.9 Å². The van der Waals surface area contributed by atoms with Gasteiger partial charge in [0.2, 0.25) is 0 Å². The second-order valence-corrected chi connectivity index (χ2v) is 4.03. The maximum Gasteiger partial charge on any atom is 0.0965 e. The monoisotopic (exact) mass is 143 g/mol. The highest BCUT2D eigenvalue weighted by Crippen LogP contribution is 2.26. The number of hydrogen-bond acceptors (Lipinski definition) is 2. The fraction of sp³-hybridized carbons (Fsp3) is 1.00. The molecule has 1 rings (SSSR count). The molecular formula is C8H17NO. The molecule has 0 aromatic heterocycles. The SMILES string of the molecule is CC(C)(C)C1CNCOC1. The van der Waals surface area contributed by atoms with Crippen molar-refractivity contribution >= 4 is 0 Å². The van der Waals surface area contributed by atoms with Crippen LogP contribution >= 0.6 is 0 Å². The Morgan fingerprint density at radius 1 is 1.40 bits per heavy atom. The average molecular weight is 143 g/mol. The van der Waals surface area contributed by atoms with Gasteiger partial charge in [-0.3, -0.25) is 5.32 Å². The first-order valence-corrected chi connectivity index (χ1v) is 3.89. The maximum absolute atomic E-state index is 5.30. The van der Waals surface area contributed by atoms with Crippen LogP contribution in [0.2, 0.25) is 0 Å². The molecule has 2 heteroatoms. The molecule has 1 heterocycles. The second kappa shape index (κ2) is 2.89. The topological polar surface area (TPSA) is 21.3 Å². The highest BCUT2D eigenvalue weighted by Gasteiger charge is 2.26. The first-order valence-electron chi connectivity index (χ1n) is 3.89. The highest BCUT2D eigenvalue weighted by atomic mass is 16.5. The van der Waals surface area contributed by atoms with Gasteiger partial charge in [-0.1, -0.05) is 20.8 Å². The van der Waals surface area contributed by atoms with Crippen LogP contribution in [0, 0.1) is 11.3 Å². The van der Waals surface area contributed by atoms with Crippen LogP contribution in [0.3, 0.4) is 0 Å². The third kappa shape index (κ3) is 1.96. The van der Waals surface area contributed by atoms with Gasteiger partial charge in [0.25, 0.3) is 0 Å². The molecule has 1 saturated heterocycles. The maximum atomic E-state index is 5.30. The van der Waals surface area contributed by atoms with E-state index in [9.17, 15) is 0 Å². The Hall–Kier alpha value is -0.0800. The van der Waals surface area contributed by atoms with E-state index in [1.807, 2.05) is 0 Å². The van der Waals surface area contributed by atoms with Gasteiger partial charge in [0.15, 0.2) is 0 Å². The Kier molecular flexibility index (Phi) is 2.32. The summed E-state index contributed by atoms with van der Waals surface area (Å²) >= 11 is 0. The molecule has 1 fully saturated rings. The lowest BCUT2D eigenvalue weighted by Gasteiger charge is -2.33. The lowest BCUT2D eigenvalue weighted by molar-refractivity contribution is 0.00545. The zero-order valence-electron chi connectivity index (χ0n) is 7.11. The molecule has 10 heavy (non-hydrogen) atoms. The van der Waals surface area contributed by atoms with Crippen molar-refractivity contribution < 1.29 is 4.74 Å². The van der Waals surface area contributed by atoms with Crippen LogP contribution < -0.4 is 5.32 Å². The van der Waals surface area contributed by atoms with Gasteiger partial charge in [0, 0.05) is 6.54 Å². The fourth-order valence-corrected chi connectivity index (χ4v) is 1.12. The Labute approximate surface area is 63.0 Å². The van der Waals surface area contributed by atoms with E-state index in [0.717, 1.165) is 19.9 Å². The number of rotatable bonds is 0. The smallest absolute Gasteiger partial charge is 0.0965 e. The quantitative estimate of drug-likeness (QED) is 0.550. The van der Waals surface area contributed by atoms with Crippen molar-refractivity contribution in [2.75, 3.05) is 19.9 Å². The van der Waals surface area contributed by atoms with E-state index in [-0.39, 0.29) is 0 Å². The molecule has 0 spiro atoms. The summed E-state index contributed by atoms with van der Waals surface area (Å²) in [6.45, 7) is 9.52. The van der Waals surface area contributed by atoms with E-state index >= 15 is 0 Å². The zero-order valence-corrected chi connectivity index (χ0v) is 7.11. The molecular weight excluding hydrogens is 126 g/mol. The lowest BCUT2D eigenvalue weighted by Crippen LogP contribution is -2.41. The molecule has 0 bridgehead atoms. The largest absolute Gasteiger partial charge is 0.366 e. The zero-order chi connectivity index (χ0) is 7.61. The Balaban J connectivity index is 2.39. The molecule has 60 valence electrons. The van der Waals surface area contributed by atoms with E-state index in [4.69, 9.17) is 4.74 Å². The Morgan fingerprint density at radius 3 is 2.40 bits per heavy atom. The van der Waals surface area contributed by atoms with Crippen molar-refractivity contribution in [3.8, 4) is 0 Å². The van der Waals surface area contributed by atoms with Crippen molar-refractivity contribution in [3.63, 3.8) is 0 Å². The molecule has 0 radical (unpaired) electrons. The van der Waals surface area contributed by atoms with Crippen molar-refractivity contribution in [2.24, 2.45) is 11.3 Å². The number of hydrogen-bond donors (Lipinski definition) is 1. The summed E-state index contributed by atoms with van der Waals surface area (Å²) in [5.74, 6) is 0.668. The summed E-state index contributed by atoms with van der Waals surface area (Å²) in [6, 6.07) is 0. The standard InChI is InChI=1S/C8H17NO/c1-8(2,3)7-4-9-6-10-5-7/h7,9H,4-6H2,1-3H3. The molecule has 2 nitrogen and oxygen atoms in total. The third-order valence-corrected chi connectivity index (χ3v) is 2.14. The molecule has 1 aliphatic rings. The highest BCUT2D eigenvalue weighted by molar-refractivity contribution is 4.76. The van der Waals surface area contributed by atoms with E-state index in [0.29, 0.717) is 11.3 Å². The molecule has 1 N–H and O–H groups in total. The van der Waals surface area contributed by atoms with Gasteiger partial charge in [-0.2, -0.15) is 0 Å². The van der Waals surface area contributed by atoms with Crippen LogP contribution in [0.5, 0.6) is 0 Å². The molecule has 1 aliphatic heterocycles. The van der Waals surface area contributed by atoms with Gasteiger partial charge in [-0.15, -0.1) is 0 Å². The predicted molar refractivity (Wildman–Crippen MR) is 41.8 cm³/mol. The van der Waals surface area contributed by atoms with Crippen molar-refractivity contribution in [1.82, 2.24) is 5.32 Å². The van der Waals surface area contributed by atoms with Gasteiger partial charge in [0.1, 0.15) is 0 Å². The Bertz CT molecular complexity index is 100. The van der Waals surface area contributed by atoms with Crippen LogP contribution in [0.15, 0.2) is 0 Å². The van der Waals surface area contributed by atoms with E-state index in [1.165, 1.54) is 0 Å². The van der Waals surface area contributed by atoms with Crippen LogP contribution in [0.25, 0.3) is 0 Å². The van der Waals surface area contributed by atoms with Crippen LogP contribution in [0.1, 0.15) is 20.8 Å². The van der Waals surface area contributed by atoms with Gasteiger partial charge >= 0.3 is 0 Å². The van der Waals surface area contributed by atoms with Gasteiger partial charge in [-0.25, -0.2) is 0 Å². The average Bonchev–Trinajstić information content (AvgIpc) is 1.88. The Morgan fingerprint density at radius 2 is 2.10 bits per heavy atom. The van der Waals surface area contributed by atoms with Crippen LogP contribution in [-0.2, 0) is 4.74 Å². The van der Waals surface area contributed by atoms with E-state index < -0.39 is 0 Å². The minimum Gasteiger partial charge on any atom is -0.366 e. The third-order valence-electron chi connectivity index (χ3n) is 2.14. The molecule has 1 unspecified atom stereocenters. The van der Waals surface area contributed by atoms with Crippen LogP contribution in [0.4, 0.5) is 0 Å². The number of ether oxygens (including phenoxy) is 1. The summed E-state index contributed by atoms with van der Waals surface area (Å²) in [7, 11) is 0. The molecule has 0 aromatic carbocycles. The van der Waals surface area contributed by atoms with Gasteiger partial charge in [-0.05, 0) is 11.3 Å². The molecule has 0 aliphatic carbocycles. The predicted octanol–water partition coefficient (Wildman–Crippen LogP) is 1.23. The first-order chi connectivity index (χ1) is 4.61. The van der Waals surface area contributed by atoms with E-state index in [2.05, 4.69) is 26.1 Å². The normalized spacial score (nSPS) is 28.5. The molecule has 0 saturated carbocycles. The lowest BCUT2D eigenvalue weighted by atomic mass is 9.81. The molecule has 0 amide bonds.